The van der Waals surface area contributed by atoms with Crippen molar-refractivity contribution in [3.8, 4) is 11.5 Å². The van der Waals surface area contributed by atoms with E-state index >= 15 is 0 Å². The van der Waals surface area contributed by atoms with Gasteiger partial charge in [0, 0.05) is 5.41 Å². The van der Waals surface area contributed by atoms with Gasteiger partial charge in [0.25, 0.3) is 0 Å². The van der Waals surface area contributed by atoms with Gasteiger partial charge in [-0.1, -0.05) is 58.9 Å². The highest BCUT2D eigenvalue weighted by atomic mass is 16.5. The van der Waals surface area contributed by atoms with Crippen molar-refractivity contribution in [3.05, 3.63) is 59.7 Å². The minimum absolute atomic E-state index is 0.0884. The van der Waals surface area contributed by atoms with E-state index in [0.29, 0.717) is 5.75 Å². The summed E-state index contributed by atoms with van der Waals surface area (Å²) < 4.78 is 11.5. The van der Waals surface area contributed by atoms with Crippen LogP contribution < -0.4 is 9.47 Å². The van der Waals surface area contributed by atoms with E-state index in [-0.39, 0.29) is 22.9 Å². The van der Waals surface area contributed by atoms with Crippen molar-refractivity contribution in [3.63, 3.8) is 0 Å². The molecule has 0 radical (unpaired) electrons. The molecule has 1 atom stereocenters. The van der Waals surface area contributed by atoms with E-state index < -0.39 is 0 Å². The summed E-state index contributed by atoms with van der Waals surface area (Å²) in [6.45, 7) is 14.6. The first-order chi connectivity index (χ1) is 13.1. The van der Waals surface area contributed by atoms with Crippen LogP contribution in [0.25, 0.3) is 0 Å². The molecule has 1 unspecified atom stereocenters. The molecule has 0 aliphatic carbocycles. The summed E-state index contributed by atoms with van der Waals surface area (Å²) in [6, 6.07) is 16.1. The molecule has 3 heteroatoms. The first-order valence-corrected chi connectivity index (χ1v) is 10.2. The highest BCUT2D eigenvalue weighted by Gasteiger charge is 2.24. The summed E-state index contributed by atoms with van der Waals surface area (Å²) in [4.78, 5) is 12.0. The number of ether oxygens (including phenoxy) is 2. The maximum absolute atomic E-state index is 12.0. The third-order valence-electron chi connectivity index (χ3n) is 5.63. The van der Waals surface area contributed by atoms with Crippen molar-refractivity contribution in [2.75, 3.05) is 0 Å². The van der Waals surface area contributed by atoms with Gasteiger partial charge in [0.05, 0.1) is 5.92 Å². The zero-order valence-electron chi connectivity index (χ0n) is 18.3. The standard InChI is InChI=1S/C25H34O3/c1-8-18(3)23(26)27-21-14-10-19(11-15-21)25(6,7)20-12-16-22(17-13-20)28-24(4,5)9-2/h10-18H,8-9H2,1-7H3. The zero-order chi connectivity index (χ0) is 20.9. The van der Waals surface area contributed by atoms with Gasteiger partial charge in [0.15, 0.2) is 0 Å². The molecule has 0 heterocycles. The van der Waals surface area contributed by atoms with Crippen LogP contribution in [0.3, 0.4) is 0 Å². The first kappa shape index (κ1) is 22.0. The van der Waals surface area contributed by atoms with Crippen LogP contribution in [0.2, 0.25) is 0 Å². The zero-order valence-corrected chi connectivity index (χ0v) is 18.3. The Morgan fingerprint density at radius 3 is 1.75 bits per heavy atom. The van der Waals surface area contributed by atoms with Crippen LogP contribution in [-0.2, 0) is 10.2 Å². The van der Waals surface area contributed by atoms with E-state index in [9.17, 15) is 4.79 Å². The van der Waals surface area contributed by atoms with Gasteiger partial charge in [-0.3, -0.25) is 4.79 Å². The molecular formula is C25H34O3. The molecule has 0 saturated heterocycles. The number of hydrogen-bond acceptors (Lipinski definition) is 3. The maximum Gasteiger partial charge on any atom is 0.314 e. The van der Waals surface area contributed by atoms with Crippen LogP contribution in [0.5, 0.6) is 11.5 Å². The average molecular weight is 383 g/mol. The summed E-state index contributed by atoms with van der Waals surface area (Å²) in [5, 5.41) is 0. The van der Waals surface area contributed by atoms with E-state index in [1.165, 1.54) is 11.1 Å². The monoisotopic (exact) mass is 382 g/mol. The van der Waals surface area contributed by atoms with Gasteiger partial charge in [-0.25, -0.2) is 0 Å². The van der Waals surface area contributed by atoms with Gasteiger partial charge in [0.1, 0.15) is 17.1 Å². The van der Waals surface area contributed by atoms with Crippen LogP contribution >= 0.6 is 0 Å². The predicted octanol–water partition coefficient (Wildman–Crippen LogP) is 6.53. The van der Waals surface area contributed by atoms with Crippen molar-refractivity contribution in [2.45, 2.75) is 72.3 Å². The Labute approximate surface area is 170 Å². The van der Waals surface area contributed by atoms with Crippen molar-refractivity contribution in [1.29, 1.82) is 0 Å². The smallest absolute Gasteiger partial charge is 0.314 e. The number of carbonyl (C=O) groups excluding carboxylic acids is 1. The lowest BCUT2D eigenvalue weighted by Gasteiger charge is -2.28. The molecule has 0 aromatic heterocycles. The third kappa shape index (κ3) is 5.37. The number of carbonyl (C=O) groups is 1. The van der Waals surface area contributed by atoms with Gasteiger partial charge in [-0.05, 0) is 62.1 Å². The summed E-state index contributed by atoms with van der Waals surface area (Å²) in [7, 11) is 0. The quantitative estimate of drug-likeness (QED) is 0.384. The van der Waals surface area contributed by atoms with E-state index in [4.69, 9.17) is 9.47 Å². The second-order valence-electron chi connectivity index (χ2n) is 8.62. The molecule has 0 N–H and O–H groups in total. The van der Waals surface area contributed by atoms with E-state index in [0.717, 1.165) is 18.6 Å². The van der Waals surface area contributed by atoms with Crippen LogP contribution in [0.15, 0.2) is 48.5 Å². The summed E-state index contributed by atoms with van der Waals surface area (Å²) in [6.07, 6.45) is 1.73. The first-order valence-electron chi connectivity index (χ1n) is 10.2. The fourth-order valence-electron chi connectivity index (χ4n) is 2.82. The van der Waals surface area contributed by atoms with Gasteiger partial charge >= 0.3 is 5.97 Å². The third-order valence-corrected chi connectivity index (χ3v) is 5.63. The number of hydrogen-bond donors (Lipinski definition) is 0. The number of benzene rings is 2. The minimum atomic E-state index is -0.180. The second kappa shape index (κ2) is 8.81. The maximum atomic E-state index is 12.0. The van der Waals surface area contributed by atoms with E-state index in [1.54, 1.807) is 0 Å². The van der Waals surface area contributed by atoms with Gasteiger partial charge in [-0.15, -0.1) is 0 Å². The lowest BCUT2D eigenvalue weighted by atomic mass is 9.78. The van der Waals surface area contributed by atoms with Crippen molar-refractivity contribution in [2.24, 2.45) is 5.92 Å². The molecule has 0 aliphatic rings. The fraction of sp³-hybridized carbons (Fsp3) is 0.480. The Hall–Kier alpha value is -2.29. The Morgan fingerprint density at radius 1 is 0.857 bits per heavy atom. The van der Waals surface area contributed by atoms with E-state index in [1.807, 2.05) is 50.2 Å². The predicted molar refractivity (Wildman–Crippen MR) is 115 cm³/mol. The largest absolute Gasteiger partial charge is 0.488 e. The molecule has 0 aliphatic heterocycles. The fourth-order valence-corrected chi connectivity index (χ4v) is 2.82. The Balaban J connectivity index is 2.14. The van der Waals surface area contributed by atoms with Gasteiger partial charge in [0.2, 0.25) is 0 Å². The highest BCUT2D eigenvalue weighted by molar-refractivity contribution is 5.74. The topological polar surface area (TPSA) is 35.5 Å². The van der Waals surface area contributed by atoms with Crippen molar-refractivity contribution < 1.29 is 14.3 Å². The molecule has 0 bridgehead atoms. The molecule has 0 amide bonds. The molecule has 0 spiro atoms. The van der Waals surface area contributed by atoms with Crippen LogP contribution in [0.4, 0.5) is 0 Å². The summed E-state index contributed by atoms with van der Waals surface area (Å²) in [5.41, 5.74) is 2.04. The molecule has 2 rings (SSSR count). The SMILES string of the molecule is CCC(C)C(=O)Oc1ccc(C(C)(C)c2ccc(OC(C)(C)CC)cc2)cc1. The molecule has 3 nitrogen and oxygen atoms in total. The van der Waals surface area contributed by atoms with Gasteiger partial charge in [-0.2, -0.15) is 0 Å². The number of esters is 1. The minimum Gasteiger partial charge on any atom is -0.488 e. The summed E-state index contributed by atoms with van der Waals surface area (Å²) in [5.74, 6) is 1.21. The van der Waals surface area contributed by atoms with Crippen LogP contribution in [-0.4, -0.2) is 11.6 Å². The lowest BCUT2D eigenvalue weighted by Crippen LogP contribution is -2.26. The molecule has 152 valence electrons. The Kier molecular flexibility index (Phi) is 6.92. The van der Waals surface area contributed by atoms with Gasteiger partial charge < -0.3 is 9.47 Å². The van der Waals surface area contributed by atoms with Crippen LogP contribution in [0.1, 0.15) is 72.4 Å². The average Bonchev–Trinajstić information content (AvgIpc) is 2.67. The Morgan fingerprint density at radius 2 is 1.32 bits per heavy atom. The number of rotatable bonds is 8. The van der Waals surface area contributed by atoms with Crippen LogP contribution in [0, 0.1) is 5.92 Å². The molecule has 0 fully saturated rings. The Bertz CT molecular complexity index is 770. The summed E-state index contributed by atoms with van der Waals surface area (Å²) >= 11 is 0. The van der Waals surface area contributed by atoms with Crippen molar-refractivity contribution in [1.82, 2.24) is 0 Å². The molecule has 28 heavy (non-hydrogen) atoms. The van der Waals surface area contributed by atoms with Crippen molar-refractivity contribution >= 4 is 5.97 Å². The molecular weight excluding hydrogens is 348 g/mol. The molecule has 2 aromatic carbocycles. The highest BCUT2D eigenvalue weighted by Crippen LogP contribution is 2.34. The van der Waals surface area contributed by atoms with E-state index in [2.05, 4.69) is 46.8 Å². The second-order valence-corrected chi connectivity index (χ2v) is 8.62. The molecule has 2 aromatic rings. The lowest BCUT2D eigenvalue weighted by molar-refractivity contribution is -0.138. The molecule has 0 saturated carbocycles. The normalized spacial score (nSPS) is 13.1.